The number of hydrogen-bond acceptors (Lipinski definition) is 15. The number of fused-ring (bicyclic) bond motifs is 2. The quantitative estimate of drug-likeness (QED) is 0.0260. The van der Waals surface area contributed by atoms with Gasteiger partial charge in [-0.2, -0.15) is 21.9 Å². The molecule has 75 heavy (non-hydrogen) atoms. The van der Waals surface area contributed by atoms with E-state index in [1.54, 1.807) is 118 Å². The van der Waals surface area contributed by atoms with Crippen molar-refractivity contribution in [3.63, 3.8) is 0 Å². The number of rotatable bonds is 14. The Morgan fingerprint density at radius 1 is 0.613 bits per heavy atom. The molecular weight excluding hydrogens is 1170 g/mol. The third kappa shape index (κ3) is 13.7. The van der Waals surface area contributed by atoms with Gasteiger partial charge in [0.15, 0.2) is 5.75 Å². The second-order valence-corrected chi connectivity index (χ2v) is 19.5. The molecule has 23 heteroatoms. The van der Waals surface area contributed by atoms with Crippen LogP contribution in [0, 0.1) is 13.8 Å². The smallest absolute Gasteiger partial charge is 0.871 e. The Hall–Kier alpha value is -6.41. The van der Waals surface area contributed by atoms with E-state index >= 15 is 0 Å². The van der Waals surface area contributed by atoms with E-state index in [1.807, 2.05) is 6.92 Å². The van der Waals surface area contributed by atoms with E-state index < -0.39 is 53.3 Å². The van der Waals surface area contributed by atoms with Crippen LogP contribution in [-0.2, 0) is 20.2 Å². The molecule has 0 aliphatic heterocycles. The van der Waals surface area contributed by atoms with Gasteiger partial charge in [0.25, 0.3) is 26.1 Å². The summed E-state index contributed by atoms with van der Waals surface area (Å²) in [7, 11) is -9.38. The van der Waals surface area contributed by atoms with Crippen LogP contribution in [0.25, 0.3) is 21.5 Å². The minimum atomic E-state index is -4.70. The Bertz CT molecular complexity index is 3830. The summed E-state index contributed by atoms with van der Waals surface area (Å²) in [5, 5.41) is 58.0. The molecule has 0 radical (unpaired) electrons. The number of para-hydroxylation sites is 4. The first-order valence-electron chi connectivity index (χ1n) is 22.1. The fraction of sp³-hybridized carbons (Fsp3) is 0.115. The van der Waals surface area contributed by atoms with Crippen LogP contribution in [0.4, 0.5) is 34.1 Å². The van der Waals surface area contributed by atoms with Gasteiger partial charge in [0.1, 0.15) is 44.0 Å². The van der Waals surface area contributed by atoms with Gasteiger partial charge in [-0.3, -0.25) is 18.9 Å². The molecule has 0 aliphatic carbocycles. The summed E-state index contributed by atoms with van der Waals surface area (Å²) in [5.41, 5.74) is 0.316. The summed E-state index contributed by atoms with van der Waals surface area (Å²) in [6, 6.07) is 35.3. The predicted octanol–water partition coefficient (Wildman–Crippen LogP) is 11.8. The molecule has 0 unspecified atom stereocenters. The van der Waals surface area contributed by atoms with E-state index in [0.29, 0.717) is 63.1 Å². The van der Waals surface area contributed by atoms with Crippen LogP contribution in [0.5, 0.6) is 23.0 Å². The molecular formula is C52H42BaCl2N6O12S2. The summed E-state index contributed by atoms with van der Waals surface area (Å²) < 4.78 is 78.0. The van der Waals surface area contributed by atoms with Crippen molar-refractivity contribution in [3.05, 3.63) is 166 Å². The zero-order chi connectivity index (χ0) is 53.5. The van der Waals surface area contributed by atoms with Crippen LogP contribution >= 0.6 is 23.2 Å². The number of nitrogens with zero attached hydrogens (tertiary/aromatic N) is 5. The van der Waals surface area contributed by atoms with Crippen LogP contribution in [-0.4, -0.2) is 105 Å². The first kappa shape index (κ1) is 57.9. The predicted molar refractivity (Wildman–Crippen MR) is 284 cm³/mol. The van der Waals surface area contributed by atoms with Crippen molar-refractivity contribution in [1.82, 2.24) is 0 Å². The average molecular weight is 1220 g/mol. The van der Waals surface area contributed by atoms with E-state index in [4.69, 9.17) is 32.7 Å². The van der Waals surface area contributed by atoms with Crippen molar-refractivity contribution in [1.29, 1.82) is 0 Å². The summed E-state index contributed by atoms with van der Waals surface area (Å²) in [5.74, 6) is -1.83. The van der Waals surface area contributed by atoms with E-state index in [1.165, 1.54) is 36.4 Å². The molecule has 0 aromatic heterocycles. The van der Waals surface area contributed by atoms with Crippen LogP contribution in [0.2, 0.25) is 10.0 Å². The maximum absolute atomic E-state index is 13.4. The standard InChI is InChI=1S/2C26H22ClN3O6S.Ba/c2*1-3-36-21-11-7-6-10-20(21)28-26(32)18-14-16-8-4-5-9-17(16)23(25(18)31)29-30-24-19(27)12-15(2)13-22(24)37(33,34)35;/h2*4-14,31H,3H2,1-2H3,(H,28,32)(H,33,34,35);/q;;+2/p-2. The Kier molecular flexibility index (Phi) is 19.3. The topological polar surface area (TPSA) is 284 Å². The van der Waals surface area contributed by atoms with E-state index in [2.05, 4.69) is 30.8 Å². The molecule has 0 saturated heterocycles. The molecule has 1 amide bonds. The number of azo groups is 2. The number of phenols is 1. The zero-order valence-electron chi connectivity index (χ0n) is 40.1. The normalized spacial score (nSPS) is 11.9. The maximum Gasteiger partial charge on any atom is 2.00 e. The second kappa shape index (κ2) is 25.0. The van der Waals surface area contributed by atoms with Gasteiger partial charge in [0, 0.05) is 10.8 Å². The molecule has 8 aromatic carbocycles. The molecule has 0 aliphatic rings. The number of hydrogen-bond donors (Lipinski definition) is 4. The molecule has 0 heterocycles. The van der Waals surface area contributed by atoms with Crippen LogP contribution in [0.1, 0.15) is 40.9 Å². The van der Waals surface area contributed by atoms with Crippen molar-refractivity contribution in [2.75, 3.05) is 18.5 Å². The third-order valence-corrected chi connectivity index (χ3v) is 13.0. The van der Waals surface area contributed by atoms with Crippen molar-refractivity contribution in [2.45, 2.75) is 37.5 Å². The summed E-state index contributed by atoms with van der Waals surface area (Å²) in [6.45, 7) is 7.56. The Balaban J connectivity index is 0.000000241. The Labute approximate surface area is 481 Å². The summed E-state index contributed by atoms with van der Waals surface area (Å²) in [4.78, 5) is 16.2. The molecule has 0 spiro atoms. The number of benzene rings is 8. The number of anilines is 1. The van der Waals surface area contributed by atoms with Gasteiger partial charge in [-0.15, -0.1) is 15.3 Å². The molecule has 0 fully saturated rings. The Morgan fingerprint density at radius 2 is 1.05 bits per heavy atom. The minimum absolute atomic E-state index is 0. The fourth-order valence-corrected chi connectivity index (χ4v) is 9.59. The number of phenolic OH excluding ortho intramolecular Hbond substituents is 1. The average Bonchev–Trinajstić information content (AvgIpc) is 3.34. The van der Waals surface area contributed by atoms with Crippen LogP contribution in [0.3, 0.4) is 0 Å². The molecule has 18 nitrogen and oxygen atoms in total. The van der Waals surface area contributed by atoms with Gasteiger partial charge in [0.2, 0.25) is 0 Å². The van der Waals surface area contributed by atoms with E-state index in [9.17, 15) is 46.1 Å². The largest absolute Gasteiger partial charge is 2.00 e. The Morgan fingerprint density at radius 3 is 1.60 bits per heavy atom. The van der Waals surface area contributed by atoms with Gasteiger partial charge in [0.05, 0.1) is 40.2 Å². The number of aliphatic imine (C=N–C) groups is 1. The molecule has 8 aromatic rings. The number of amides is 1. The number of halogens is 2. The maximum atomic E-state index is 13.4. The van der Waals surface area contributed by atoms with Gasteiger partial charge >= 0.3 is 48.9 Å². The summed E-state index contributed by atoms with van der Waals surface area (Å²) >= 11 is 12.4. The molecule has 8 rings (SSSR count). The van der Waals surface area contributed by atoms with E-state index in [0.717, 1.165) is 0 Å². The van der Waals surface area contributed by atoms with Gasteiger partial charge < -0.3 is 30.1 Å². The number of aromatic hydroxyl groups is 1. The van der Waals surface area contributed by atoms with Crippen molar-refractivity contribution in [3.8, 4) is 23.0 Å². The first-order valence-corrected chi connectivity index (χ1v) is 25.7. The number of carbonyl (C=O) groups is 1. The number of carbonyl (C=O) groups excluding carboxylic acids is 1. The number of aryl methyl sites for hydroxylation is 2. The SMILES string of the molecule is CCOc1ccccc1N=C([O-])c1cc2ccccc2c(N=Nc2c(Cl)cc(C)cc2S(=O)(=O)O)c1[O-].CCOc1ccccc1NC(=O)c1cc2ccccc2c(N=Nc2c(Cl)cc(C)cc2S(=O)(=O)O)c1O.[Ba+2]. The van der Waals surface area contributed by atoms with Crippen LogP contribution in [0.15, 0.2) is 169 Å². The van der Waals surface area contributed by atoms with Gasteiger partial charge in [-0.05, 0) is 122 Å². The molecule has 4 N–H and O–H groups in total. The van der Waals surface area contributed by atoms with Crippen molar-refractivity contribution >= 4 is 160 Å². The minimum Gasteiger partial charge on any atom is -0.871 e. The van der Waals surface area contributed by atoms with Crippen LogP contribution < -0.4 is 25.0 Å². The number of nitrogens with one attached hydrogen (secondary N) is 1. The van der Waals surface area contributed by atoms with E-state index in [-0.39, 0.29) is 98.5 Å². The van der Waals surface area contributed by atoms with Gasteiger partial charge in [-0.25, -0.2) is 0 Å². The summed E-state index contributed by atoms with van der Waals surface area (Å²) in [6.07, 6.45) is 0. The third-order valence-electron chi connectivity index (χ3n) is 10.7. The van der Waals surface area contributed by atoms with Crippen molar-refractivity contribution < 1.29 is 55.5 Å². The molecule has 380 valence electrons. The fourth-order valence-electron chi connectivity index (χ4n) is 7.39. The zero-order valence-corrected chi connectivity index (χ0v) is 47.7. The molecule has 0 saturated carbocycles. The first-order chi connectivity index (χ1) is 35.2. The van der Waals surface area contributed by atoms with Crippen molar-refractivity contribution in [2.24, 2.45) is 25.4 Å². The molecule has 0 atom stereocenters. The monoisotopic (exact) mass is 1210 g/mol. The second-order valence-electron chi connectivity index (χ2n) is 15.9. The van der Waals surface area contributed by atoms with Gasteiger partial charge in [-0.1, -0.05) is 102 Å². The molecule has 0 bridgehead atoms. The number of ether oxygens (including phenoxy) is 2.